The van der Waals surface area contributed by atoms with Crippen molar-refractivity contribution in [1.29, 1.82) is 0 Å². The average Bonchev–Trinajstić information content (AvgIpc) is 2.62. The monoisotopic (exact) mass is 368 g/mol. The summed E-state index contributed by atoms with van der Waals surface area (Å²) >= 11 is 0. The van der Waals surface area contributed by atoms with E-state index in [1.54, 1.807) is 0 Å². The summed E-state index contributed by atoms with van der Waals surface area (Å²) in [5.74, 6) is -0.191. The Kier molecular flexibility index (Phi) is 7.73. The minimum absolute atomic E-state index is 0.191. The van der Waals surface area contributed by atoms with Crippen molar-refractivity contribution in [3.8, 4) is 0 Å². The molecule has 0 atom stereocenters. The average molecular weight is 369 g/mol. The maximum Gasteiger partial charge on any atom is 0.123 e. The van der Waals surface area contributed by atoms with Crippen LogP contribution in [-0.4, -0.2) is 37.3 Å². The molecule has 0 amide bonds. The molecule has 0 saturated carbocycles. The maximum atomic E-state index is 13.2. The molecule has 146 valence electrons. The van der Waals surface area contributed by atoms with E-state index in [1.807, 2.05) is 19.2 Å². The van der Waals surface area contributed by atoms with Crippen LogP contribution in [0.2, 0.25) is 0 Å². The van der Waals surface area contributed by atoms with E-state index in [0.717, 1.165) is 38.0 Å². The van der Waals surface area contributed by atoms with E-state index in [2.05, 4.69) is 61.9 Å². The molecule has 0 unspecified atom stereocenters. The molecular weight excluding hydrogens is 335 g/mol. The first-order valence-electron chi connectivity index (χ1n) is 9.82. The lowest BCUT2D eigenvalue weighted by molar-refractivity contribution is 0.0306. The summed E-state index contributed by atoms with van der Waals surface area (Å²) in [4.78, 5) is 6.80. The van der Waals surface area contributed by atoms with Gasteiger partial charge in [-0.2, -0.15) is 0 Å². The second-order valence-electron chi connectivity index (χ2n) is 7.89. The fourth-order valence-corrected chi connectivity index (χ4v) is 3.88. The normalized spacial score (nSPS) is 18.8. The fraction of sp³-hybridized carbons (Fsp3) is 0.458. The molecule has 1 aliphatic heterocycles. The largest absolute Gasteiger partial charge is 0.298 e. The number of nitrogens with zero attached hydrogens (tertiary/aromatic N) is 2. The van der Waals surface area contributed by atoms with Crippen LogP contribution < -0.4 is 0 Å². The van der Waals surface area contributed by atoms with Gasteiger partial charge in [0.25, 0.3) is 0 Å². The SMILES string of the molecule is C/C=C/C(=C\C=C(/CC)c1ccc(F)cc1)CN1CC(C)(CC(C)=NC)C1. The predicted molar refractivity (Wildman–Crippen MR) is 116 cm³/mol. The van der Waals surface area contributed by atoms with Crippen LogP contribution in [0.1, 0.15) is 46.1 Å². The van der Waals surface area contributed by atoms with Crippen molar-refractivity contribution >= 4 is 11.3 Å². The third kappa shape index (κ3) is 6.28. The van der Waals surface area contributed by atoms with E-state index in [1.165, 1.54) is 29.0 Å². The molecule has 1 fully saturated rings. The third-order valence-electron chi connectivity index (χ3n) is 5.16. The predicted octanol–water partition coefficient (Wildman–Crippen LogP) is 5.92. The molecular formula is C24H33FN2. The van der Waals surface area contributed by atoms with Crippen LogP contribution in [-0.2, 0) is 0 Å². The van der Waals surface area contributed by atoms with E-state index in [4.69, 9.17) is 0 Å². The number of hydrogen-bond acceptors (Lipinski definition) is 2. The van der Waals surface area contributed by atoms with Gasteiger partial charge in [0.1, 0.15) is 5.82 Å². The molecule has 0 spiro atoms. The summed E-state index contributed by atoms with van der Waals surface area (Å²) in [6.45, 7) is 11.8. The Morgan fingerprint density at radius 2 is 1.89 bits per heavy atom. The lowest BCUT2D eigenvalue weighted by Crippen LogP contribution is -2.55. The standard InChI is InChI=1S/C24H33FN2/c1-6-8-20(16-27-17-24(4,18-27)15-19(3)26-5)9-10-21(7-2)22-11-13-23(25)14-12-22/h6,8-14H,7,15-18H2,1-5H3/b8-6+,20-9+,21-10+,26-19?. The number of aliphatic imine (C=N–C) groups is 1. The van der Waals surface area contributed by atoms with Gasteiger partial charge >= 0.3 is 0 Å². The van der Waals surface area contributed by atoms with E-state index >= 15 is 0 Å². The van der Waals surface area contributed by atoms with Gasteiger partial charge in [-0.1, -0.05) is 50.3 Å². The summed E-state index contributed by atoms with van der Waals surface area (Å²) in [6.07, 6.45) is 10.7. The first-order chi connectivity index (χ1) is 12.9. The Hall–Kier alpha value is -2.00. The Morgan fingerprint density at radius 1 is 1.22 bits per heavy atom. The first-order valence-corrected chi connectivity index (χ1v) is 9.82. The van der Waals surface area contributed by atoms with E-state index in [0.29, 0.717) is 5.41 Å². The molecule has 1 heterocycles. The van der Waals surface area contributed by atoms with E-state index in [-0.39, 0.29) is 5.82 Å². The van der Waals surface area contributed by atoms with Gasteiger partial charge in [-0.25, -0.2) is 4.39 Å². The summed E-state index contributed by atoms with van der Waals surface area (Å²) in [7, 11) is 1.88. The molecule has 1 saturated heterocycles. The zero-order valence-electron chi connectivity index (χ0n) is 17.4. The van der Waals surface area contributed by atoms with Gasteiger partial charge < -0.3 is 0 Å². The minimum Gasteiger partial charge on any atom is -0.298 e. The minimum atomic E-state index is -0.191. The topological polar surface area (TPSA) is 15.6 Å². The van der Waals surface area contributed by atoms with Gasteiger partial charge in [-0.15, -0.1) is 0 Å². The molecule has 2 rings (SSSR count). The number of rotatable bonds is 8. The fourth-order valence-electron chi connectivity index (χ4n) is 3.88. The van der Waals surface area contributed by atoms with Gasteiger partial charge in [-0.05, 0) is 60.9 Å². The molecule has 1 aliphatic rings. The van der Waals surface area contributed by atoms with Gasteiger partial charge in [0.05, 0.1) is 0 Å². The van der Waals surface area contributed by atoms with Crippen molar-refractivity contribution in [1.82, 2.24) is 4.90 Å². The lowest BCUT2D eigenvalue weighted by Gasteiger charge is -2.48. The number of likely N-dealkylation sites (tertiary alicyclic amines) is 1. The second-order valence-corrected chi connectivity index (χ2v) is 7.89. The Balaban J connectivity index is 2.05. The van der Waals surface area contributed by atoms with Crippen molar-refractivity contribution in [3.05, 3.63) is 65.5 Å². The molecule has 0 aliphatic carbocycles. The van der Waals surface area contributed by atoms with Gasteiger partial charge in [0.2, 0.25) is 0 Å². The summed E-state index contributed by atoms with van der Waals surface area (Å²) in [5, 5.41) is 0. The highest BCUT2D eigenvalue weighted by Gasteiger charge is 2.38. The van der Waals surface area contributed by atoms with Crippen LogP contribution >= 0.6 is 0 Å². The number of allylic oxidation sites excluding steroid dienone is 4. The highest BCUT2D eigenvalue weighted by Crippen LogP contribution is 2.34. The molecule has 3 heteroatoms. The van der Waals surface area contributed by atoms with Crippen molar-refractivity contribution in [3.63, 3.8) is 0 Å². The molecule has 0 bridgehead atoms. The molecule has 0 N–H and O–H groups in total. The summed E-state index contributed by atoms with van der Waals surface area (Å²) < 4.78 is 13.2. The lowest BCUT2D eigenvalue weighted by atomic mass is 9.77. The Labute approximate surface area is 164 Å². The van der Waals surface area contributed by atoms with Crippen LogP contribution in [0, 0.1) is 11.2 Å². The summed E-state index contributed by atoms with van der Waals surface area (Å²) in [6, 6.07) is 6.76. The molecule has 1 aromatic rings. The third-order valence-corrected chi connectivity index (χ3v) is 5.16. The quantitative estimate of drug-likeness (QED) is 0.410. The number of benzene rings is 1. The van der Waals surface area contributed by atoms with Crippen molar-refractivity contribution < 1.29 is 4.39 Å². The zero-order chi connectivity index (χ0) is 19.9. The van der Waals surface area contributed by atoms with Gasteiger partial charge in [0, 0.05) is 32.4 Å². The highest BCUT2D eigenvalue weighted by molar-refractivity contribution is 5.82. The van der Waals surface area contributed by atoms with Crippen molar-refractivity contribution in [2.24, 2.45) is 10.4 Å². The molecule has 0 aromatic heterocycles. The Bertz CT molecular complexity index is 732. The van der Waals surface area contributed by atoms with E-state index in [9.17, 15) is 4.39 Å². The van der Waals surface area contributed by atoms with Crippen LogP contribution in [0.5, 0.6) is 0 Å². The highest BCUT2D eigenvalue weighted by atomic mass is 19.1. The Morgan fingerprint density at radius 3 is 2.44 bits per heavy atom. The molecule has 27 heavy (non-hydrogen) atoms. The van der Waals surface area contributed by atoms with E-state index < -0.39 is 0 Å². The zero-order valence-corrected chi connectivity index (χ0v) is 17.4. The molecule has 2 nitrogen and oxygen atoms in total. The van der Waals surface area contributed by atoms with Crippen LogP contribution in [0.3, 0.4) is 0 Å². The second kappa shape index (κ2) is 9.80. The van der Waals surface area contributed by atoms with Gasteiger partial charge in [0.15, 0.2) is 0 Å². The van der Waals surface area contributed by atoms with Crippen LogP contribution in [0.25, 0.3) is 5.57 Å². The summed E-state index contributed by atoms with van der Waals surface area (Å²) in [5.41, 5.74) is 5.19. The maximum absolute atomic E-state index is 13.2. The molecule has 0 radical (unpaired) electrons. The molecule has 1 aromatic carbocycles. The van der Waals surface area contributed by atoms with Crippen molar-refractivity contribution in [2.45, 2.75) is 40.5 Å². The number of halogens is 1. The van der Waals surface area contributed by atoms with Crippen LogP contribution in [0.4, 0.5) is 4.39 Å². The van der Waals surface area contributed by atoms with Crippen LogP contribution in [0.15, 0.2) is 59.1 Å². The first kappa shape index (κ1) is 21.3. The van der Waals surface area contributed by atoms with Crippen molar-refractivity contribution in [2.75, 3.05) is 26.7 Å². The van der Waals surface area contributed by atoms with Gasteiger partial charge in [-0.3, -0.25) is 9.89 Å². The number of hydrogen-bond donors (Lipinski definition) is 0. The smallest absolute Gasteiger partial charge is 0.123 e.